The zero-order valence-electron chi connectivity index (χ0n) is 24.9. The van der Waals surface area contributed by atoms with Crippen LogP contribution in [0.4, 0.5) is 0 Å². The van der Waals surface area contributed by atoms with Crippen LogP contribution in [0.5, 0.6) is 17.2 Å². The summed E-state index contributed by atoms with van der Waals surface area (Å²) in [7, 11) is 0. The van der Waals surface area contributed by atoms with Crippen molar-refractivity contribution in [3.8, 4) is 34.2 Å². The summed E-state index contributed by atoms with van der Waals surface area (Å²) in [5, 5.41) is 0. The summed E-state index contributed by atoms with van der Waals surface area (Å²) in [6.45, 7) is 12.1. The standard InChI is InChI=1S/C35H43N3O3/c1-5-8-10-35-36-34(29-13-19-31(20-14-29)40-24-9-23-37(6-2)7-3)26-38(35)30-15-21-33(22-16-30)41-32-17-11-28(12-18-32)25-27(4)39/h11-22,26H,5-10,23-25H2,1-4H3. The van der Waals surface area contributed by atoms with Crippen LogP contribution >= 0.6 is 0 Å². The molecule has 4 aromatic rings. The van der Waals surface area contributed by atoms with E-state index in [2.05, 4.69) is 60.7 Å². The molecular formula is C35H43N3O3. The maximum atomic E-state index is 11.3. The van der Waals surface area contributed by atoms with Crippen LogP contribution in [0, 0.1) is 0 Å². The van der Waals surface area contributed by atoms with Crippen molar-refractivity contribution in [3.63, 3.8) is 0 Å². The Bertz CT molecular complexity index is 1360. The minimum atomic E-state index is 0.151. The second-order valence-electron chi connectivity index (χ2n) is 10.4. The van der Waals surface area contributed by atoms with Gasteiger partial charge >= 0.3 is 0 Å². The van der Waals surface area contributed by atoms with Gasteiger partial charge in [-0.25, -0.2) is 4.98 Å². The van der Waals surface area contributed by atoms with E-state index in [0.29, 0.717) is 6.42 Å². The van der Waals surface area contributed by atoms with E-state index in [1.165, 1.54) is 0 Å². The number of unbranched alkanes of at least 4 members (excludes halogenated alkanes) is 1. The number of aryl methyl sites for hydroxylation is 1. The summed E-state index contributed by atoms with van der Waals surface area (Å²) in [5.41, 5.74) is 4.07. The molecule has 0 saturated carbocycles. The molecule has 0 N–H and O–H groups in total. The fraction of sp³-hybridized carbons (Fsp3) is 0.371. The number of benzene rings is 3. The molecule has 0 aliphatic rings. The Hall–Kier alpha value is -3.90. The highest BCUT2D eigenvalue weighted by atomic mass is 16.5. The van der Waals surface area contributed by atoms with Gasteiger partial charge in [0.25, 0.3) is 0 Å². The molecule has 0 amide bonds. The third-order valence-electron chi connectivity index (χ3n) is 7.19. The van der Waals surface area contributed by atoms with Crippen molar-refractivity contribution < 1.29 is 14.3 Å². The van der Waals surface area contributed by atoms with Gasteiger partial charge in [0.15, 0.2) is 0 Å². The van der Waals surface area contributed by atoms with Crippen molar-refractivity contribution in [1.82, 2.24) is 14.5 Å². The van der Waals surface area contributed by atoms with Crippen LogP contribution in [-0.4, -0.2) is 46.5 Å². The molecule has 0 fully saturated rings. The number of ketones is 1. The number of carbonyl (C=O) groups excluding carboxylic acids is 1. The monoisotopic (exact) mass is 553 g/mol. The van der Waals surface area contributed by atoms with Crippen molar-refractivity contribution in [2.24, 2.45) is 0 Å². The van der Waals surface area contributed by atoms with E-state index in [-0.39, 0.29) is 5.78 Å². The lowest BCUT2D eigenvalue weighted by Gasteiger charge is -2.17. The highest BCUT2D eigenvalue weighted by Gasteiger charge is 2.12. The number of imidazole rings is 1. The molecule has 0 radical (unpaired) electrons. The Kier molecular flexibility index (Phi) is 11.1. The fourth-order valence-corrected chi connectivity index (χ4v) is 4.81. The van der Waals surface area contributed by atoms with Gasteiger partial charge in [-0.05, 0) is 99.1 Å². The summed E-state index contributed by atoms with van der Waals surface area (Å²) in [5.74, 6) is 3.60. The molecule has 0 aliphatic carbocycles. The van der Waals surface area contributed by atoms with Crippen molar-refractivity contribution in [2.45, 2.75) is 59.8 Å². The minimum absolute atomic E-state index is 0.151. The molecule has 0 saturated heterocycles. The van der Waals surface area contributed by atoms with Gasteiger partial charge in [-0.3, -0.25) is 4.79 Å². The predicted molar refractivity (Wildman–Crippen MR) is 166 cm³/mol. The van der Waals surface area contributed by atoms with Gasteiger partial charge in [-0.15, -0.1) is 0 Å². The molecule has 4 rings (SSSR count). The molecule has 216 valence electrons. The van der Waals surface area contributed by atoms with E-state index in [9.17, 15) is 4.79 Å². The highest BCUT2D eigenvalue weighted by Crippen LogP contribution is 2.27. The number of aromatic nitrogens is 2. The molecule has 6 nitrogen and oxygen atoms in total. The molecule has 1 aromatic heterocycles. The normalized spacial score (nSPS) is 11.1. The van der Waals surface area contributed by atoms with Crippen LogP contribution in [-0.2, 0) is 17.6 Å². The summed E-state index contributed by atoms with van der Waals surface area (Å²) in [6.07, 6.45) is 6.69. The lowest BCUT2D eigenvalue weighted by Crippen LogP contribution is -2.25. The summed E-state index contributed by atoms with van der Waals surface area (Å²) in [4.78, 5) is 18.8. The highest BCUT2D eigenvalue weighted by molar-refractivity contribution is 5.78. The van der Waals surface area contributed by atoms with Crippen LogP contribution < -0.4 is 9.47 Å². The second-order valence-corrected chi connectivity index (χ2v) is 10.4. The Balaban J connectivity index is 1.43. The van der Waals surface area contributed by atoms with Crippen LogP contribution in [0.3, 0.4) is 0 Å². The summed E-state index contributed by atoms with van der Waals surface area (Å²) >= 11 is 0. The van der Waals surface area contributed by atoms with Gasteiger partial charge in [0.05, 0.1) is 12.3 Å². The zero-order valence-corrected chi connectivity index (χ0v) is 24.9. The molecular weight excluding hydrogens is 510 g/mol. The number of hydrogen-bond acceptors (Lipinski definition) is 5. The van der Waals surface area contributed by atoms with E-state index in [1.807, 2.05) is 48.5 Å². The number of carbonyl (C=O) groups is 1. The average molecular weight is 554 g/mol. The number of ether oxygens (including phenoxy) is 2. The van der Waals surface area contributed by atoms with E-state index in [1.54, 1.807) is 6.92 Å². The molecule has 3 aromatic carbocycles. The molecule has 0 aliphatic heterocycles. The van der Waals surface area contributed by atoms with Crippen molar-refractivity contribution in [2.75, 3.05) is 26.2 Å². The van der Waals surface area contributed by atoms with Crippen LogP contribution in [0.25, 0.3) is 16.9 Å². The zero-order chi connectivity index (χ0) is 29.0. The average Bonchev–Trinajstić information content (AvgIpc) is 3.42. The molecule has 0 unspecified atom stereocenters. The maximum Gasteiger partial charge on any atom is 0.134 e. The van der Waals surface area contributed by atoms with Gasteiger partial charge in [-0.1, -0.05) is 39.3 Å². The quantitative estimate of drug-likeness (QED) is 0.132. The summed E-state index contributed by atoms with van der Waals surface area (Å²) in [6, 6.07) is 24.0. The molecule has 0 bridgehead atoms. The first-order valence-corrected chi connectivity index (χ1v) is 14.9. The first-order chi connectivity index (χ1) is 20.0. The van der Waals surface area contributed by atoms with Gasteiger partial charge in [0, 0.05) is 36.8 Å². The number of rotatable bonds is 16. The van der Waals surface area contributed by atoms with E-state index in [0.717, 1.165) is 97.5 Å². The SMILES string of the molecule is CCCCc1nc(-c2ccc(OCCCN(CC)CC)cc2)cn1-c1ccc(Oc2ccc(CC(C)=O)cc2)cc1. The third kappa shape index (κ3) is 8.79. The number of Topliss-reactive ketones (excluding diaryl/α,β-unsaturated/α-hetero) is 1. The predicted octanol–water partition coefficient (Wildman–Crippen LogP) is 7.92. The van der Waals surface area contributed by atoms with E-state index < -0.39 is 0 Å². The lowest BCUT2D eigenvalue weighted by atomic mass is 10.1. The van der Waals surface area contributed by atoms with Gasteiger partial charge in [0.1, 0.15) is 28.9 Å². The fourth-order valence-electron chi connectivity index (χ4n) is 4.81. The maximum absolute atomic E-state index is 11.3. The molecule has 41 heavy (non-hydrogen) atoms. The van der Waals surface area contributed by atoms with Crippen molar-refractivity contribution in [1.29, 1.82) is 0 Å². The molecule has 1 heterocycles. The molecule has 6 heteroatoms. The smallest absolute Gasteiger partial charge is 0.134 e. The van der Waals surface area contributed by atoms with Crippen LogP contribution in [0.15, 0.2) is 79.0 Å². The van der Waals surface area contributed by atoms with Crippen molar-refractivity contribution >= 4 is 5.78 Å². The van der Waals surface area contributed by atoms with Crippen molar-refractivity contribution in [3.05, 3.63) is 90.4 Å². The van der Waals surface area contributed by atoms with Gasteiger partial charge in [-0.2, -0.15) is 0 Å². The Morgan fingerprint density at radius 2 is 1.46 bits per heavy atom. The number of hydrogen-bond donors (Lipinski definition) is 0. The summed E-state index contributed by atoms with van der Waals surface area (Å²) < 4.78 is 14.2. The minimum Gasteiger partial charge on any atom is -0.494 e. The Morgan fingerprint density at radius 3 is 2.07 bits per heavy atom. The van der Waals surface area contributed by atoms with Gasteiger partial charge < -0.3 is 18.9 Å². The topological polar surface area (TPSA) is 56.6 Å². The largest absolute Gasteiger partial charge is 0.494 e. The first kappa shape index (κ1) is 30.1. The van der Waals surface area contributed by atoms with Gasteiger partial charge in [0.2, 0.25) is 0 Å². The number of nitrogens with zero attached hydrogens (tertiary/aromatic N) is 3. The lowest BCUT2D eigenvalue weighted by molar-refractivity contribution is -0.116. The second kappa shape index (κ2) is 15.2. The Labute approximate surface area is 244 Å². The van der Waals surface area contributed by atoms with Crippen LogP contribution in [0.2, 0.25) is 0 Å². The third-order valence-corrected chi connectivity index (χ3v) is 7.19. The van der Waals surface area contributed by atoms with E-state index in [4.69, 9.17) is 14.5 Å². The first-order valence-electron chi connectivity index (χ1n) is 14.9. The van der Waals surface area contributed by atoms with Crippen LogP contribution in [0.1, 0.15) is 58.3 Å². The Morgan fingerprint density at radius 1 is 0.829 bits per heavy atom. The molecule has 0 atom stereocenters. The molecule has 0 spiro atoms. The van der Waals surface area contributed by atoms with E-state index >= 15 is 0 Å².